The predicted octanol–water partition coefficient (Wildman–Crippen LogP) is 3.57. The molecule has 2 heterocycles. The Bertz CT molecular complexity index is 663. The molecule has 0 unspecified atom stereocenters. The van der Waals surface area contributed by atoms with Gasteiger partial charge in [0.25, 0.3) is 0 Å². The van der Waals surface area contributed by atoms with Gasteiger partial charge in [0, 0.05) is 29.4 Å². The first-order chi connectivity index (χ1) is 9.83. The summed E-state index contributed by atoms with van der Waals surface area (Å²) >= 11 is 1.55. The van der Waals surface area contributed by atoms with Gasteiger partial charge < -0.3 is 10.3 Å². The number of thiophene rings is 1. The average molecular weight is 287 g/mol. The SMILES string of the molecule is Fc1ccc(CNCc2ncc[nH]2)cc1-c1cccs1. The molecule has 20 heavy (non-hydrogen) atoms. The topological polar surface area (TPSA) is 40.7 Å². The van der Waals surface area contributed by atoms with Crippen LogP contribution in [0, 0.1) is 5.82 Å². The van der Waals surface area contributed by atoms with Crippen molar-refractivity contribution >= 4 is 11.3 Å². The third-order valence-electron chi connectivity index (χ3n) is 2.99. The number of aromatic amines is 1. The smallest absolute Gasteiger partial charge is 0.131 e. The largest absolute Gasteiger partial charge is 0.348 e. The Labute approximate surface area is 120 Å². The van der Waals surface area contributed by atoms with Gasteiger partial charge in [-0.2, -0.15) is 0 Å². The van der Waals surface area contributed by atoms with E-state index < -0.39 is 0 Å². The molecule has 3 aromatic rings. The minimum absolute atomic E-state index is 0.178. The number of halogens is 1. The highest BCUT2D eigenvalue weighted by atomic mass is 32.1. The van der Waals surface area contributed by atoms with Crippen LogP contribution in [0.3, 0.4) is 0 Å². The fraction of sp³-hybridized carbons (Fsp3) is 0.133. The summed E-state index contributed by atoms with van der Waals surface area (Å²) in [7, 11) is 0. The second-order valence-electron chi connectivity index (χ2n) is 4.43. The Balaban J connectivity index is 1.69. The van der Waals surface area contributed by atoms with Gasteiger partial charge >= 0.3 is 0 Å². The maximum absolute atomic E-state index is 13.8. The lowest BCUT2D eigenvalue weighted by atomic mass is 10.1. The molecule has 0 fully saturated rings. The molecule has 1 aromatic carbocycles. The van der Waals surface area contributed by atoms with Gasteiger partial charge in [-0.1, -0.05) is 12.1 Å². The van der Waals surface area contributed by atoms with Crippen molar-refractivity contribution in [2.45, 2.75) is 13.1 Å². The van der Waals surface area contributed by atoms with Gasteiger partial charge in [-0.05, 0) is 29.1 Å². The molecule has 0 amide bonds. The Morgan fingerprint density at radius 1 is 1.25 bits per heavy atom. The second kappa shape index (κ2) is 5.98. The van der Waals surface area contributed by atoms with Crippen molar-refractivity contribution in [3.63, 3.8) is 0 Å². The summed E-state index contributed by atoms with van der Waals surface area (Å²) in [5, 5.41) is 5.24. The van der Waals surface area contributed by atoms with Crippen molar-refractivity contribution in [1.82, 2.24) is 15.3 Å². The predicted molar refractivity (Wildman–Crippen MR) is 78.8 cm³/mol. The fourth-order valence-electron chi connectivity index (χ4n) is 2.02. The minimum Gasteiger partial charge on any atom is -0.348 e. The van der Waals surface area contributed by atoms with E-state index in [-0.39, 0.29) is 5.82 Å². The van der Waals surface area contributed by atoms with E-state index in [0.29, 0.717) is 18.7 Å². The van der Waals surface area contributed by atoms with Crippen molar-refractivity contribution in [2.75, 3.05) is 0 Å². The molecule has 5 heteroatoms. The number of rotatable bonds is 5. The van der Waals surface area contributed by atoms with Crippen LogP contribution in [0.25, 0.3) is 10.4 Å². The van der Waals surface area contributed by atoms with Gasteiger partial charge in [-0.25, -0.2) is 9.37 Å². The van der Waals surface area contributed by atoms with Crippen molar-refractivity contribution in [1.29, 1.82) is 0 Å². The molecular weight excluding hydrogens is 273 g/mol. The molecule has 0 radical (unpaired) electrons. The molecule has 0 aliphatic heterocycles. The van der Waals surface area contributed by atoms with E-state index in [4.69, 9.17) is 0 Å². The lowest BCUT2D eigenvalue weighted by Crippen LogP contribution is -2.13. The third kappa shape index (κ3) is 2.95. The molecule has 0 aliphatic rings. The second-order valence-corrected chi connectivity index (χ2v) is 5.38. The van der Waals surface area contributed by atoms with Crippen LogP contribution in [0.2, 0.25) is 0 Å². The standard InChI is InChI=1S/C15H14FN3S/c16-13-4-3-11(8-12(13)14-2-1-7-20-14)9-17-10-15-18-5-6-19-15/h1-8,17H,9-10H2,(H,18,19). The van der Waals surface area contributed by atoms with E-state index in [1.807, 2.05) is 29.6 Å². The van der Waals surface area contributed by atoms with Crippen LogP contribution in [0.4, 0.5) is 4.39 Å². The van der Waals surface area contributed by atoms with Crippen molar-refractivity contribution in [3.8, 4) is 10.4 Å². The molecule has 2 N–H and O–H groups in total. The highest BCUT2D eigenvalue weighted by Crippen LogP contribution is 2.28. The summed E-state index contributed by atoms with van der Waals surface area (Å²) in [6, 6.07) is 9.10. The van der Waals surface area contributed by atoms with Gasteiger partial charge in [0.15, 0.2) is 0 Å². The first kappa shape index (κ1) is 13.0. The molecule has 2 aromatic heterocycles. The Hall–Kier alpha value is -1.98. The van der Waals surface area contributed by atoms with E-state index in [1.165, 1.54) is 6.07 Å². The molecule has 3 rings (SSSR count). The van der Waals surface area contributed by atoms with Crippen LogP contribution in [0.15, 0.2) is 48.1 Å². The minimum atomic E-state index is -0.178. The van der Waals surface area contributed by atoms with Crippen molar-refractivity contribution in [2.24, 2.45) is 0 Å². The van der Waals surface area contributed by atoms with Gasteiger partial charge in [0.05, 0.1) is 6.54 Å². The first-order valence-corrected chi connectivity index (χ1v) is 7.22. The normalized spacial score (nSPS) is 10.8. The van der Waals surface area contributed by atoms with Crippen LogP contribution in [0.1, 0.15) is 11.4 Å². The lowest BCUT2D eigenvalue weighted by Gasteiger charge is -2.06. The van der Waals surface area contributed by atoms with Gasteiger partial charge in [-0.3, -0.25) is 0 Å². The zero-order valence-corrected chi connectivity index (χ0v) is 11.6. The fourth-order valence-corrected chi connectivity index (χ4v) is 2.77. The zero-order valence-electron chi connectivity index (χ0n) is 10.8. The Morgan fingerprint density at radius 2 is 2.20 bits per heavy atom. The summed E-state index contributed by atoms with van der Waals surface area (Å²) in [5.41, 5.74) is 1.72. The molecular formula is C15H14FN3S. The number of nitrogens with one attached hydrogen (secondary N) is 2. The first-order valence-electron chi connectivity index (χ1n) is 6.34. The number of aromatic nitrogens is 2. The number of benzene rings is 1. The summed E-state index contributed by atoms with van der Waals surface area (Å²) < 4.78 is 13.8. The van der Waals surface area contributed by atoms with Gasteiger partial charge in [-0.15, -0.1) is 11.3 Å². The number of nitrogens with zero attached hydrogens (tertiary/aromatic N) is 1. The Kier molecular flexibility index (Phi) is 3.90. The van der Waals surface area contributed by atoms with E-state index in [2.05, 4.69) is 15.3 Å². The van der Waals surface area contributed by atoms with E-state index in [1.54, 1.807) is 23.7 Å². The third-order valence-corrected chi connectivity index (χ3v) is 3.90. The molecule has 102 valence electrons. The number of hydrogen-bond donors (Lipinski definition) is 2. The number of H-pyrrole nitrogens is 1. The summed E-state index contributed by atoms with van der Waals surface area (Å²) in [5.74, 6) is 0.716. The number of imidazole rings is 1. The maximum atomic E-state index is 13.8. The van der Waals surface area contributed by atoms with E-state index in [0.717, 1.165) is 16.3 Å². The highest BCUT2D eigenvalue weighted by molar-refractivity contribution is 7.13. The zero-order chi connectivity index (χ0) is 13.8. The van der Waals surface area contributed by atoms with Crippen LogP contribution < -0.4 is 5.32 Å². The molecule has 0 saturated heterocycles. The van der Waals surface area contributed by atoms with Crippen LogP contribution in [0.5, 0.6) is 0 Å². The van der Waals surface area contributed by atoms with E-state index >= 15 is 0 Å². The molecule has 0 atom stereocenters. The van der Waals surface area contributed by atoms with Crippen LogP contribution in [-0.2, 0) is 13.1 Å². The van der Waals surface area contributed by atoms with Crippen molar-refractivity contribution < 1.29 is 4.39 Å². The van der Waals surface area contributed by atoms with Crippen LogP contribution in [-0.4, -0.2) is 9.97 Å². The molecule has 0 bridgehead atoms. The Morgan fingerprint density at radius 3 is 2.95 bits per heavy atom. The highest BCUT2D eigenvalue weighted by Gasteiger charge is 2.07. The summed E-state index contributed by atoms with van der Waals surface area (Å²) in [6.45, 7) is 1.35. The maximum Gasteiger partial charge on any atom is 0.131 e. The summed E-state index contributed by atoms with van der Waals surface area (Å²) in [6.07, 6.45) is 3.52. The molecule has 0 spiro atoms. The average Bonchev–Trinajstić information content (AvgIpc) is 3.13. The van der Waals surface area contributed by atoms with Crippen molar-refractivity contribution in [3.05, 3.63) is 65.3 Å². The molecule has 0 saturated carbocycles. The van der Waals surface area contributed by atoms with Crippen LogP contribution >= 0.6 is 11.3 Å². The number of hydrogen-bond acceptors (Lipinski definition) is 3. The monoisotopic (exact) mass is 287 g/mol. The quantitative estimate of drug-likeness (QED) is 0.753. The van der Waals surface area contributed by atoms with E-state index in [9.17, 15) is 4.39 Å². The summed E-state index contributed by atoms with van der Waals surface area (Å²) in [4.78, 5) is 8.13. The lowest BCUT2D eigenvalue weighted by molar-refractivity contribution is 0.627. The molecule has 3 nitrogen and oxygen atoms in total. The van der Waals surface area contributed by atoms with Gasteiger partial charge in [0.2, 0.25) is 0 Å². The van der Waals surface area contributed by atoms with Gasteiger partial charge in [0.1, 0.15) is 11.6 Å². The molecule has 0 aliphatic carbocycles.